The summed E-state index contributed by atoms with van der Waals surface area (Å²) in [6, 6.07) is 3.14. The fourth-order valence-corrected chi connectivity index (χ4v) is 2.41. The van der Waals surface area contributed by atoms with Crippen LogP contribution in [0.3, 0.4) is 0 Å². The van der Waals surface area contributed by atoms with Crippen LogP contribution in [0.25, 0.3) is 0 Å². The number of anilines is 1. The molecular formula is C10H9BrCl3NO2. The van der Waals surface area contributed by atoms with Crippen LogP contribution in [-0.4, -0.2) is 24.5 Å². The average molecular weight is 361 g/mol. The third kappa shape index (κ3) is 4.21. The van der Waals surface area contributed by atoms with Crippen LogP contribution < -0.4 is 5.32 Å². The van der Waals surface area contributed by atoms with Crippen molar-refractivity contribution >= 4 is 62.4 Å². The first-order valence-electron chi connectivity index (χ1n) is 4.56. The molecule has 3 nitrogen and oxygen atoms in total. The van der Waals surface area contributed by atoms with Gasteiger partial charge < -0.3 is 10.1 Å². The summed E-state index contributed by atoms with van der Waals surface area (Å²) in [6.07, 6.45) is 0. The highest BCUT2D eigenvalue weighted by atomic mass is 79.9. The minimum absolute atomic E-state index is 0.299. The fraction of sp³-hybridized carbons (Fsp3) is 0.300. The third-order valence-electron chi connectivity index (χ3n) is 1.92. The van der Waals surface area contributed by atoms with Crippen LogP contribution in [0.5, 0.6) is 0 Å². The Bertz CT molecular complexity index is 405. The van der Waals surface area contributed by atoms with Crippen LogP contribution in [0.2, 0.25) is 15.1 Å². The lowest BCUT2D eigenvalue weighted by Crippen LogP contribution is -2.24. The summed E-state index contributed by atoms with van der Waals surface area (Å²) in [5.74, 6) is -0.376. The van der Waals surface area contributed by atoms with Gasteiger partial charge in [0.25, 0.3) is 0 Å². The van der Waals surface area contributed by atoms with Crippen molar-refractivity contribution < 1.29 is 9.53 Å². The Balaban J connectivity index is 2.73. The molecule has 17 heavy (non-hydrogen) atoms. The quantitative estimate of drug-likeness (QED) is 0.651. The number of alkyl halides is 1. The van der Waals surface area contributed by atoms with Crippen LogP contribution in [-0.2, 0) is 9.53 Å². The Hall–Kier alpha value is -0.160. The first kappa shape index (κ1) is 14.9. The van der Waals surface area contributed by atoms with Crippen molar-refractivity contribution in [3.8, 4) is 0 Å². The number of esters is 1. The molecule has 0 fully saturated rings. The lowest BCUT2D eigenvalue weighted by Gasteiger charge is -2.13. The molecule has 0 saturated carbocycles. The van der Waals surface area contributed by atoms with E-state index in [0.29, 0.717) is 27.3 Å². The molecule has 0 aliphatic rings. The second-order valence-corrected chi connectivity index (χ2v) is 5.47. The Kier molecular flexibility index (Phi) is 5.86. The molecule has 0 bridgehead atoms. The highest BCUT2D eigenvalue weighted by Crippen LogP contribution is 2.33. The number of halogens is 4. The Morgan fingerprint density at radius 2 is 1.94 bits per heavy atom. The molecule has 1 N–H and O–H groups in total. The zero-order chi connectivity index (χ0) is 13.0. The molecule has 1 aromatic carbocycles. The van der Waals surface area contributed by atoms with Crippen molar-refractivity contribution in [2.24, 2.45) is 0 Å². The van der Waals surface area contributed by atoms with E-state index in [9.17, 15) is 4.79 Å². The van der Waals surface area contributed by atoms with Gasteiger partial charge in [0.05, 0.1) is 22.8 Å². The number of nitrogens with one attached hydrogen (secondary N) is 1. The zero-order valence-corrected chi connectivity index (χ0v) is 12.6. The smallest absolute Gasteiger partial charge is 0.321 e. The minimum atomic E-state index is -0.477. The molecule has 0 saturated heterocycles. The predicted octanol–water partition coefficient (Wildman–Crippen LogP) is 4.00. The molecule has 0 radical (unpaired) electrons. The second-order valence-electron chi connectivity index (χ2n) is 3.12. The minimum Gasteiger partial charge on any atom is -0.468 e. The summed E-state index contributed by atoms with van der Waals surface area (Å²) in [7, 11) is 1.32. The van der Waals surface area contributed by atoms with Crippen molar-refractivity contribution in [2.45, 2.75) is 4.83 Å². The highest BCUT2D eigenvalue weighted by Gasteiger charge is 2.16. The SMILES string of the molecule is COC(=O)C(Br)CNc1c(Cl)cc(Cl)cc1Cl. The molecule has 0 aliphatic heterocycles. The fourth-order valence-electron chi connectivity index (χ4n) is 1.11. The Morgan fingerprint density at radius 1 is 1.41 bits per heavy atom. The predicted molar refractivity (Wildman–Crippen MR) is 74.7 cm³/mol. The van der Waals surface area contributed by atoms with E-state index >= 15 is 0 Å². The summed E-state index contributed by atoms with van der Waals surface area (Å²) in [5.41, 5.74) is 0.533. The van der Waals surface area contributed by atoms with Crippen molar-refractivity contribution in [3.05, 3.63) is 27.2 Å². The summed E-state index contributed by atoms with van der Waals surface area (Å²) in [5, 5.41) is 4.20. The van der Waals surface area contributed by atoms with E-state index in [4.69, 9.17) is 34.8 Å². The van der Waals surface area contributed by atoms with E-state index in [0.717, 1.165) is 0 Å². The number of ether oxygens (including phenoxy) is 1. The number of methoxy groups -OCH3 is 1. The third-order valence-corrected chi connectivity index (χ3v) is 3.43. The number of carbonyl (C=O) groups excluding carboxylic acids is 1. The van der Waals surface area contributed by atoms with E-state index in [1.807, 2.05) is 0 Å². The number of hydrogen-bond acceptors (Lipinski definition) is 3. The van der Waals surface area contributed by atoms with Gasteiger partial charge in [0.2, 0.25) is 0 Å². The Morgan fingerprint density at radius 3 is 2.41 bits per heavy atom. The largest absolute Gasteiger partial charge is 0.468 e. The maximum Gasteiger partial charge on any atom is 0.321 e. The van der Waals surface area contributed by atoms with E-state index < -0.39 is 4.83 Å². The van der Waals surface area contributed by atoms with Crippen molar-refractivity contribution in [1.82, 2.24) is 0 Å². The van der Waals surface area contributed by atoms with Gasteiger partial charge in [-0.3, -0.25) is 4.79 Å². The van der Waals surface area contributed by atoms with Gasteiger partial charge in [-0.05, 0) is 12.1 Å². The van der Waals surface area contributed by atoms with Crippen LogP contribution in [0.1, 0.15) is 0 Å². The number of benzene rings is 1. The molecular weight excluding hydrogens is 352 g/mol. The van der Waals surface area contributed by atoms with Crippen LogP contribution in [0.4, 0.5) is 5.69 Å². The molecule has 1 rings (SSSR count). The maximum atomic E-state index is 11.2. The standard InChI is InChI=1S/C10H9BrCl3NO2/c1-17-10(16)6(11)4-15-9-7(13)2-5(12)3-8(9)14/h2-3,6,15H,4H2,1H3. The summed E-state index contributed by atoms with van der Waals surface area (Å²) < 4.78 is 4.57. The first-order chi connectivity index (χ1) is 7.95. The first-order valence-corrected chi connectivity index (χ1v) is 6.61. The average Bonchev–Trinajstić information content (AvgIpc) is 2.26. The molecule has 0 aliphatic carbocycles. The lowest BCUT2D eigenvalue weighted by molar-refractivity contribution is -0.139. The van der Waals surface area contributed by atoms with Gasteiger partial charge >= 0.3 is 5.97 Å². The molecule has 0 spiro atoms. The summed E-state index contributed by atoms with van der Waals surface area (Å²) in [4.78, 5) is 10.7. The van der Waals surface area contributed by atoms with Gasteiger partial charge in [0, 0.05) is 11.6 Å². The lowest BCUT2D eigenvalue weighted by atomic mass is 10.3. The molecule has 0 amide bonds. The summed E-state index contributed by atoms with van der Waals surface area (Å²) >= 11 is 20.9. The van der Waals surface area contributed by atoms with E-state index in [1.54, 1.807) is 12.1 Å². The van der Waals surface area contributed by atoms with Crippen LogP contribution in [0, 0.1) is 0 Å². The van der Waals surface area contributed by atoms with Gasteiger partial charge in [-0.1, -0.05) is 50.7 Å². The summed E-state index contributed by atoms with van der Waals surface area (Å²) in [6.45, 7) is 0.299. The van der Waals surface area contributed by atoms with Crippen molar-refractivity contribution in [2.75, 3.05) is 19.0 Å². The zero-order valence-electron chi connectivity index (χ0n) is 8.77. The van der Waals surface area contributed by atoms with Crippen LogP contribution in [0.15, 0.2) is 12.1 Å². The highest BCUT2D eigenvalue weighted by molar-refractivity contribution is 9.10. The normalized spacial score (nSPS) is 12.1. The molecule has 7 heteroatoms. The Labute approximate surface area is 122 Å². The topological polar surface area (TPSA) is 38.3 Å². The molecule has 0 aromatic heterocycles. The number of hydrogen-bond donors (Lipinski definition) is 1. The number of rotatable bonds is 4. The number of carbonyl (C=O) groups is 1. The van der Waals surface area contributed by atoms with Gasteiger partial charge in [-0.2, -0.15) is 0 Å². The van der Waals surface area contributed by atoms with E-state index in [2.05, 4.69) is 26.0 Å². The van der Waals surface area contributed by atoms with Gasteiger partial charge in [-0.25, -0.2) is 0 Å². The molecule has 94 valence electrons. The van der Waals surface area contributed by atoms with E-state index in [-0.39, 0.29) is 5.97 Å². The second kappa shape index (κ2) is 6.69. The molecule has 1 aromatic rings. The van der Waals surface area contributed by atoms with Crippen molar-refractivity contribution in [3.63, 3.8) is 0 Å². The molecule has 1 atom stereocenters. The van der Waals surface area contributed by atoms with E-state index in [1.165, 1.54) is 7.11 Å². The molecule has 1 unspecified atom stereocenters. The monoisotopic (exact) mass is 359 g/mol. The molecule has 0 heterocycles. The van der Waals surface area contributed by atoms with Gasteiger partial charge in [0.15, 0.2) is 0 Å². The van der Waals surface area contributed by atoms with Gasteiger partial charge in [-0.15, -0.1) is 0 Å². The van der Waals surface area contributed by atoms with Crippen molar-refractivity contribution in [1.29, 1.82) is 0 Å². The maximum absolute atomic E-state index is 11.2. The van der Waals surface area contributed by atoms with Gasteiger partial charge in [0.1, 0.15) is 4.83 Å². The van der Waals surface area contributed by atoms with Crippen LogP contribution >= 0.6 is 50.7 Å².